The number of hydrogen-bond donors (Lipinski definition) is 1. The molecule has 0 aliphatic heterocycles. The van der Waals surface area contributed by atoms with E-state index in [0.717, 1.165) is 22.2 Å². The van der Waals surface area contributed by atoms with Crippen LogP contribution in [0.5, 0.6) is 5.75 Å². The molecule has 0 saturated carbocycles. The molecule has 6 heteroatoms. The van der Waals surface area contributed by atoms with Crippen LogP contribution < -0.4 is 4.74 Å². The molecule has 128 valence electrons. The minimum absolute atomic E-state index is 0.142. The third-order valence-electron chi connectivity index (χ3n) is 4.21. The summed E-state index contributed by atoms with van der Waals surface area (Å²) in [6, 6.07) is 12.3. The number of ether oxygens (including phenoxy) is 1. The first kappa shape index (κ1) is 17.0. The highest BCUT2D eigenvalue weighted by Gasteiger charge is 2.20. The van der Waals surface area contributed by atoms with Crippen molar-refractivity contribution in [2.45, 2.75) is 13.3 Å². The predicted molar refractivity (Wildman–Crippen MR) is 98.4 cm³/mol. The molecule has 0 bridgehead atoms. The summed E-state index contributed by atoms with van der Waals surface area (Å²) in [6.07, 6.45) is 1.81. The average Bonchev–Trinajstić information content (AvgIpc) is 2.90. The van der Waals surface area contributed by atoms with E-state index in [4.69, 9.17) is 21.5 Å². The zero-order valence-electron chi connectivity index (χ0n) is 13.9. The molecule has 1 aromatic heterocycles. The van der Waals surface area contributed by atoms with Crippen molar-refractivity contribution in [1.82, 2.24) is 4.57 Å². The molecule has 0 unspecified atom stereocenters. The molecule has 0 saturated heterocycles. The number of benzene rings is 2. The number of fused-ring (bicyclic) bond motifs is 1. The number of hydrogen-bond acceptors (Lipinski definition) is 4. The minimum Gasteiger partial charge on any atom is -0.497 e. The number of carbonyl (C=O) groups is 1. The first-order valence-corrected chi connectivity index (χ1v) is 8.08. The quantitative estimate of drug-likeness (QED) is 0.430. The van der Waals surface area contributed by atoms with Gasteiger partial charge in [0.15, 0.2) is 0 Å². The fourth-order valence-corrected chi connectivity index (χ4v) is 3.09. The van der Waals surface area contributed by atoms with Crippen LogP contribution in [0.4, 0.5) is 0 Å². The molecule has 0 radical (unpaired) electrons. The van der Waals surface area contributed by atoms with E-state index in [2.05, 4.69) is 5.16 Å². The Morgan fingerprint density at radius 2 is 2.00 bits per heavy atom. The van der Waals surface area contributed by atoms with Gasteiger partial charge in [-0.2, -0.15) is 0 Å². The van der Waals surface area contributed by atoms with Gasteiger partial charge in [-0.1, -0.05) is 11.6 Å². The Morgan fingerprint density at radius 1 is 1.28 bits per heavy atom. The Bertz CT molecular complexity index is 959. The molecule has 0 amide bonds. The SMILES string of the molecule is COc1ccc2c(c1)c(C/C=N/O)c(C)n2C(=O)c1ccc(Cl)cc1. The second-order valence-electron chi connectivity index (χ2n) is 5.60. The van der Waals surface area contributed by atoms with Crippen molar-refractivity contribution in [2.24, 2.45) is 5.16 Å². The number of carbonyl (C=O) groups excluding carboxylic acids is 1. The predicted octanol–water partition coefficient (Wildman–Crippen LogP) is 4.30. The van der Waals surface area contributed by atoms with Crippen LogP contribution in [0.1, 0.15) is 21.6 Å². The van der Waals surface area contributed by atoms with E-state index in [1.165, 1.54) is 6.21 Å². The summed E-state index contributed by atoms with van der Waals surface area (Å²) < 4.78 is 6.96. The summed E-state index contributed by atoms with van der Waals surface area (Å²) in [6.45, 7) is 1.88. The molecule has 0 atom stereocenters. The van der Waals surface area contributed by atoms with Crippen molar-refractivity contribution in [3.8, 4) is 5.75 Å². The number of rotatable bonds is 4. The van der Waals surface area contributed by atoms with E-state index in [1.54, 1.807) is 35.9 Å². The van der Waals surface area contributed by atoms with Crippen LogP contribution in [0.25, 0.3) is 10.9 Å². The van der Waals surface area contributed by atoms with Crippen LogP contribution in [0.3, 0.4) is 0 Å². The van der Waals surface area contributed by atoms with Gasteiger partial charge in [0.2, 0.25) is 0 Å². The highest BCUT2D eigenvalue weighted by Crippen LogP contribution is 2.30. The van der Waals surface area contributed by atoms with Crippen molar-refractivity contribution in [2.75, 3.05) is 7.11 Å². The minimum atomic E-state index is -0.142. The first-order chi connectivity index (χ1) is 12.1. The lowest BCUT2D eigenvalue weighted by molar-refractivity contribution is 0.0963. The van der Waals surface area contributed by atoms with Gasteiger partial charge in [0.25, 0.3) is 5.91 Å². The smallest absolute Gasteiger partial charge is 0.262 e. The largest absolute Gasteiger partial charge is 0.497 e. The summed E-state index contributed by atoms with van der Waals surface area (Å²) in [4.78, 5) is 13.0. The number of oxime groups is 1. The van der Waals surface area contributed by atoms with Crippen molar-refractivity contribution in [3.63, 3.8) is 0 Å². The molecule has 5 nitrogen and oxygen atoms in total. The maximum absolute atomic E-state index is 13.0. The van der Waals surface area contributed by atoms with Gasteiger partial charge in [0.05, 0.1) is 12.6 Å². The van der Waals surface area contributed by atoms with Crippen LogP contribution in [0.2, 0.25) is 5.02 Å². The Balaban J connectivity index is 2.21. The second kappa shape index (κ2) is 6.99. The fourth-order valence-electron chi connectivity index (χ4n) is 2.96. The lowest BCUT2D eigenvalue weighted by Gasteiger charge is -2.08. The van der Waals surface area contributed by atoms with Crippen LogP contribution in [0.15, 0.2) is 47.6 Å². The molecule has 2 aromatic carbocycles. The highest BCUT2D eigenvalue weighted by atomic mass is 35.5. The normalized spacial score (nSPS) is 11.3. The third-order valence-corrected chi connectivity index (χ3v) is 4.47. The highest BCUT2D eigenvalue weighted by molar-refractivity contribution is 6.30. The molecule has 3 aromatic rings. The second-order valence-corrected chi connectivity index (χ2v) is 6.03. The standard InChI is InChI=1S/C19H17ClN2O3/c1-12-16(9-10-21-24)17-11-15(25-2)7-8-18(17)22(12)19(23)13-3-5-14(20)6-4-13/h3-8,10-11,24H,9H2,1-2H3/b21-10+. The lowest BCUT2D eigenvalue weighted by atomic mass is 10.1. The van der Waals surface area contributed by atoms with E-state index >= 15 is 0 Å². The van der Waals surface area contributed by atoms with E-state index < -0.39 is 0 Å². The first-order valence-electron chi connectivity index (χ1n) is 7.71. The molecule has 1 N–H and O–H groups in total. The molecule has 3 rings (SSSR count). The summed E-state index contributed by atoms with van der Waals surface area (Å²) in [5.74, 6) is 0.558. The van der Waals surface area contributed by atoms with Gasteiger partial charge in [0, 0.05) is 34.3 Å². The van der Waals surface area contributed by atoms with Crippen LogP contribution >= 0.6 is 11.6 Å². The Hall–Kier alpha value is -2.79. The summed E-state index contributed by atoms with van der Waals surface area (Å²) in [5.41, 5.74) is 3.03. The van der Waals surface area contributed by atoms with Crippen molar-refractivity contribution < 1.29 is 14.7 Å². The van der Waals surface area contributed by atoms with Crippen LogP contribution in [0, 0.1) is 6.92 Å². The number of methoxy groups -OCH3 is 1. The fraction of sp³-hybridized carbons (Fsp3) is 0.158. The van der Waals surface area contributed by atoms with E-state index in [-0.39, 0.29) is 5.91 Å². The third kappa shape index (κ3) is 3.10. The van der Waals surface area contributed by atoms with Gasteiger partial charge in [-0.25, -0.2) is 0 Å². The number of nitrogens with zero attached hydrogens (tertiary/aromatic N) is 2. The average molecular weight is 357 g/mol. The number of aromatic nitrogens is 1. The molecule has 0 aliphatic carbocycles. The molecular formula is C19H17ClN2O3. The van der Waals surface area contributed by atoms with Crippen LogP contribution in [-0.4, -0.2) is 29.0 Å². The molecule has 1 heterocycles. The summed E-state index contributed by atoms with van der Waals surface area (Å²) in [5, 5.41) is 13.3. The van der Waals surface area contributed by atoms with Gasteiger partial charge in [-0.3, -0.25) is 9.36 Å². The van der Waals surface area contributed by atoms with Gasteiger partial charge < -0.3 is 9.94 Å². The van der Waals surface area contributed by atoms with Gasteiger partial charge in [0.1, 0.15) is 5.75 Å². The van der Waals surface area contributed by atoms with Crippen molar-refractivity contribution >= 4 is 34.6 Å². The summed E-state index contributed by atoms with van der Waals surface area (Å²) >= 11 is 5.91. The van der Waals surface area contributed by atoms with Crippen LogP contribution in [-0.2, 0) is 6.42 Å². The molecular weight excluding hydrogens is 340 g/mol. The Morgan fingerprint density at radius 3 is 2.64 bits per heavy atom. The van der Waals surface area contributed by atoms with E-state index in [0.29, 0.717) is 22.8 Å². The zero-order chi connectivity index (χ0) is 18.0. The molecule has 0 spiro atoms. The van der Waals surface area contributed by atoms with Gasteiger partial charge in [-0.15, -0.1) is 5.16 Å². The number of halogens is 1. The summed E-state index contributed by atoms with van der Waals surface area (Å²) in [7, 11) is 1.60. The van der Waals surface area contributed by atoms with E-state index in [1.807, 2.05) is 25.1 Å². The molecule has 0 aliphatic rings. The maximum Gasteiger partial charge on any atom is 0.262 e. The van der Waals surface area contributed by atoms with Crippen molar-refractivity contribution in [1.29, 1.82) is 0 Å². The lowest BCUT2D eigenvalue weighted by Crippen LogP contribution is -2.13. The van der Waals surface area contributed by atoms with Gasteiger partial charge >= 0.3 is 0 Å². The monoisotopic (exact) mass is 356 g/mol. The maximum atomic E-state index is 13.0. The topological polar surface area (TPSA) is 63.8 Å². The molecule has 25 heavy (non-hydrogen) atoms. The zero-order valence-corrected chi connectivity index (χ0v) is 14.6. The Labute approximate surface area is 150 Å². The molecule has 0 fully saturated rings. The van der Waals surface area contributed by atoms with E-state index in [9.17, 15) is 4.79 Å². The Kier molecular flexibility index (Phi) is 4.76. The van der Waals surface area contributed by atoms with Crippen molar-refractivity contribution in [3.05, 3.63) is 64.3 Å². The van der Waals surface area contributed by atoms with Gasteiger partial charge in [-0.05, 0) is 55.0 Å².